The second-order valence-corrected chi connectivity index (χ2v) is 5.92. The molecule has 21 heavy (non-hydrogen) atoms. The van der Waals surface area contributed by atoms with E-state index in [9.17, 15) is 8.42 Å². The van der Waals surface area contributed by atoms with Crippen molar-refractivity contribution in [2.45, 2.75) is 11.4 Å². The van der Waals surface area contributed by atoms with Crippen LogP contribution in [0.4, 0.5) is 5.82 Å². The van der Waals surface area contributed by atoms with E-state index in [2.05, 4.69) is 20.0 Å². The lowest BCUT2D eigenvalue weighted by molar-refractivity contribution is 0.397. The quantitative estimate of drug-likeness (QED) is 0.827. The van der Waals surface area contributed by atoms with Crippen molar-refractivity contribution in [2.75, 3.05) is 19.5 Å². The average Bonchev–Trinajstić information content (AvgIpc) is 2.53. The molecule has 0 unspecified atom stereocenters. The molecule has 0 aliphatic heterocycles. The number of methoxy groups -OCH3 is 1. The molecule has 2 aromatic heterocycles. The van der Waals surface area contributed by atoms with E-state index in [4.69, 9.17) is 4.74 Å². The molecule has 112 valence electrons. The Morgan fingerprint density at radius 3 is 2.67 bits per heavy atom. The van der Waals surface area contributed by atoms with Gasteiger partial charge in [-0.15, -0.1) is 0 Å². The van der Waals surface area contributed by atoms with Crippen molar-refractivity contribution in [3.05, 3.63) is 42.2 Å². The van der Waals surface area contributed by atoms with Gasteiger partial charge in [0, 0.05) is 38.1 Å². The Hall–Kier alpha value is -2.19. The van der Waals surface area contributed by atoms with Crippen molar-refractivity contribution in [1.29, 1.82) is 0 Å². The average molecular weight is 308 g/mol. The topological polar surface area (TPSA) is 93.2 Å². The molecule has 2 N–H and O–H groups in total. The van der Waals surface area contributed by atoms with Gasteiger partial charge in [0.15, 0.2) is 0 Å². The number of nitrogens with zero attached hydrogens (tertiary/aromatic N) is 2. The summed E-state index contributed by atoms with van der Waals surface area (Å²) < 4.78 is 32.0. The number of hydrogen-bond acceptors (Lipinski definition) is 6. The van der Waals surface area contributed by atoms with E-state index in [0.29, 0.717) is 11.7 Å². The number of nitrogens with one attached hydrogen (secondary N) is 2. The van der Waals surface area contributed by atoms with Crippen LogP contribution < -0.4 is 14.8 Å². The van der Waals surface area contributed by atoms with Crippen LogP contribution in [0.15, 0.2) is 41.6 Å². The summed E-state index contributed by atoms with van der Waals surface area (Å²) in [5, 5.41) is 2.80. The number of aromatic nitrogens is 2. The summed E-state index contributed by atoms with van der Waals surface area (Å²) >= 11 is 0. The fourth-order valence-corrected chi connectivity index (χ4v) is 2.68. The third-order valence-electron chi connectivity index (χ3n) is 2.77. The number of pyridine rings is 2. The van der Waals surface area contributed by atoms with Gasteiger partial charge in [0.25, 0.3) is 0 Å². The van der Waals surface area contributed by atoms with Crippen molar-refractivity contribution < 1.29 is 13.2 Å². The van der Waals surface area contributed by atoms with Gasteiger partial charge in [0.05, 0.1) is 12.0 Å². The lowest BCUT2D eigenvalue weighted by atomic mass is 10.3. The molecule has 0 aliphatic rings. The summed E-state index contributed by atoms with van der Waals surface area (Å²) in [4.78, 5) is 8.11. The molecule has 0 radical (unpaired) electrons. The minimum atomic E-state index is -3.60. The highest BCUT2D eigenvalue weighted by molar-refractivity contribution is 7.89. The van der Waals surface area contributed by atoms with E-state index in [1.54, 1.807) is 25.4 Å². The summed E-state index contributed by atoms with van der Waals surface area (Å²) in [7, 11) is -0.419. The molecule has 0 aliphatic carbocycles. The second-order valence-electron chi connectivity index (χ2n) is 4.16. The molecule has 0 aromatic carbocycles. The van der Waals surface area contributed by atoms with Crippen LogP contribution in [0.25, 0.3) is 0 Å². The molecular formula is C13H16N4O3S. The summed E-state index contributed by atoms with van der Waals surface area (Å²) in [6, 6.07) is 6.30. The van der Waals surface area contributed by atoms with Gasteiger partial charge in [0.1, 0.15) is 5.82 Å². The number of rotatable bonds is 6. The smallest absolute Gasteiger partial charge is 0.241 e. The van der Waals surface area contributed by atoms with Gasteiger partial charge >= 0.3 is 0 Å². The molecule has 2 aromatic rings. The van der Waals surface area contributed by atoms with Gasteiger partial charge in [-0.05, 0) is 17.7 Å². The zero-order chi connectivity index (χ0) is 15.3. The third-order valence-corrected chi connectivity index (χ3v) is 4.17. The van der Waals surface area contributed by atoms with Crippen LogP contribution in [0.3, 0.4) is 0 Å². The predicted molar refractivity (Wildman–Crippen MR) is 78.6 cm³/mol. The van der Waals surface area contributed by atoms with E-state index in [-0.39, 0.29) is 11.4 Å². The first kappa shape index (κ1) is 15.2. The van der Waals surface area contributed by atoms with Crippen LogP contribution in [0.5, 0.6) is 5.88 Å². The Kier molecular flexibility index (Phi) is 4.71. The highest BCUT2D eigenvalue weighted by atomic mass is 32.2. The number of anilines is 1. The van der Waals surface area contributed by atoms with Crippen molar-refractivity contribution in [3.8, 4) is 5.88 Å². The molecule has 2 rings (SSSR count). The van der Waals surface area contributed by atoms with Crippen LogP contribution in [-0.4, -0.2) is 32.5 Å². The Morgan fingerprint density at radius 1 is 1.19 bits per heavy atom. The summed E-state index contributed by atoms with van der Waals surface area (Å²) in [5.41, 5.74) is 0.758. The van der Waals surface area contributed by atoms with Gasteiger partial charge < -0.3 is 10.1 Å². The highest BCUT2D eigenvalue weighted by Gasteiger charge is 2.14. The maximum atomic E-state index is 12.2. The number of ether oxygens (including phenoxy) is 1. The first-order valence-electron chi connectivity index (χ1n) is 6.17. The monoisotopic (exact) mass is 308 g/mol. The molecule has 2 heterocycles. The molecule has 0 atom stereocenters. The minimum absolute atomic E-state index is 0.151. The molecular weight excluding hydrogens is 292 g/mol. The van der Waals surface area contributed by atoms with Crippen LogP contribution >= 0.6 is 0 Å². The molecule has 0 saturated carbocycles. The first-order chi connectivity index (χ1) is 10.0. The second kappa shape index (κ2) is 6.51. The van der Waals surface area contributed by atoms with Crippen LogP contribution in [0.1, 0.15) is 5.56 Å². The molecule has 8 heteroatoms. The number of hydrogen-bond donors (Lipinski definition) is 2. The summed E-state index contributed by atoms with van der Waals surface area (Å²) in [6.45, 7) is 0.151. The maximum Gasteiger partial charge on any atom is 0.241 e. The Labute approximate surface area is 123 Å². The van der Waals surface area contributed by atoms with Gasteiger partial charge in [0.2, 0.25) is 15.9 Å². The standard InChI is InChI=1S/C13H16N4O3S/c1-14-12-8-11(4-6-15-12)21(18,19)17-9-10-3-5-16-13(7-10)20-2/h3-8,17H,9H2,1-2H3,(H,14,15). The third kappa shape index (κ3) is 3.89. The van der Waals surface area contributed by atoms with Crippen LogP contribution in [0.2, 0.25) is 0 Å². The predicted octanol–water partition coefficient (Wildman–Crippen LogP) is 1.01. The minimum Gasteiger partial charge on any atom is -0.481 e. The molecule has 0 saturated heterocycles. The van der Waals surface area contributed by atoms with Crippen molar-refractivity contribution in [1.82, 2.24) is 14.7 Å². The maximum absolute atomic E-state index is 12.2. The lowest BCUT2D eigenvalue weighted by Gasteiger charge is -2.08. The lowest BCUT2D eigenvalue weighted by Crippen LogP contribution is -2.23. The fraction of sp³-hybridized carbons (Fsp3) is 0.231. The van der Waals surface area contributed by atoms with E-state index >= 15 is 0 Å². The zero-order valence-electron chi connectivity index (χ0n) is 11.7. The highest BCUT2D eigenvalue weighted by Crippen LogP contribution is 2.13. The molecule has 0 fully saturated rings. The van der Waals surface area contributed by atoms with Crippen molar-refractivity contribution in [3.63, 3.8) is 0 Å². The van der Waals surface area contributed by atoms with E-state index in [1.165, 1.54) is 25.4 Å². The van der Waals surface area contributed by atoms with Gasteiger partial charge in [-0.3, -0.25) is 0 Å². The summed E-state index contributed by atoms with van der Waals surface area (Å²) in [5.74, 6) is 0.927. The van der Waals surface area contributed by atoms with Crippen molar-refractivity contribution in [2.24, 2.45) is 0 Å². The fourth-order valence-electron chi connectivity index (χ4n) is 1.65. The van der Waals surface area contributed by atoms with Gasteiger partial charge in [-0.25, -0.2) is 23.1 Å². The van der Waals surface area contributed by atoms with Gasteiger partial charge in [-0.2, -0.15) is 0 Å². The molecule has 0 amide bonds. The molecule has 0 bridgehead atoms. The SMILES string of the molecule is CNc1cc(S(=O)(=O)NCc2ccnc(OC)c2)ccn1. The summed E-state index contributed by atoms with van der Waals surface area (Å²) in [6.07, 6.45) is 3.00. The van der Waals surface area contributed by atoms with Crippen LogP contribution in [-0.2, 0) is 16.6 Å². The molecule has 7 nitrogen and oxygen atoms in total. The van der Waals surface area contributed by atoms with E-state index in [1.807, 2.05) is 0 Å². The molecule has 0 spiro atoms. The zero-order valence-corrected chi connectivity index (χ0v) is 12.5. The van der Waals surface area contributed by atoms with E-state index < -0.39 is 10.0 Å². The Morgan fingerprint density at radius 2 is 1.95 bits per heavy atom. The van der Waals surface area contributed by atoms with Crippen molar-refractivity contribution >= 4 is 15.8 Å². The normalized spacial score (nSPS) is 11.1. The van der Waals surface area contributed by atoms with Crippen LogP contribution in [0, 0.1) is 0 Å². The first-order valence-corrected chi connectivity index (χ1v) is 7.66. The van der Waals surface area contributed by atoms with E-state index in [0.717, 1.165) is 5.56 Å². The Balaban J connectivity index is 2.13. The largest absolute Gasteiger partial charge is 0.481 e. The van der Waals surface area contributed by atoms with Gasteiger partial charge in [-0.1, -0.05) is 0 Å². The Bertz CT molecular complexity index is 719. The number of sulfonamides is 1.